The fourth-order valence-electron chi connectivity index (χ4n) is 0.835. The first-order valence-corrected chi connectivity index (χ1v) is 11.6. The molecule has 52 valence electrons. The highest BCUT2D eigenvalue weighted by Gasteiger charge is 1.96. The van der Waals surface area contributed by atoms with Crippen LogP contribution in [0.5, 0.6) is 0 Å². The van der Waals surface area contributed by atoms with E-state index in [-0.39, 0.29) is 0 Å². The van der Waals surface area contributed by atoms with Crippen molar-refractivity contribution in [3.05, 3.63) is 37.5 Å². The molecule has 2 rings (SSSR count). The van der Waals surface area contributed by atoms with Gasteiger partial charge in [0.05, 0.1) is 0 Å². The van der Waals surface area contributed by atoms with Crippen LogP contribution in [-0.4, -0.2) is 0 Å². The van der Waals surface area contributed by atoms with Gasteiger partial charge in [-0.2, -0.15) is 0 Å². The van der Waals surface area contributed by atoms with Crippen molar-refractivity contribution in [2.45, 2.75) is 0 Å². The van der Waals surface area contributed by atoms with Gasteiger partial charge in [-0.25, -0.2) is 0 Å². The second-order valence-electron chi connectivity index (χ2n) is 1.97. The van der Waals surface area contributed by atoms with E-state index in [4.69, 9.17) is 0 Å². The number of hydrogen-bond acceptors (Lipinski definition) is 0. The fraction of sp³-hybridized carbons (Fsp3) is 0. The Kier molecular flexibility index (Phi) is 2.28. The first kappa shape index (κ1) is 7.09. The van der Waals surface area contributed by atoms with E-state index in [9.17, 15) is 0 Å². The van der Waals surface area contributed by atoms with Gasteiger partial charge in [-0.1, -0.05) is 34.8 Å². The Labute approximate surface area is 76.0 Å². The van der Waals surface area contributed by atoms with Gasteiger partial charge < -0.3 is 0 Å². The Balaban J connectivity index is 2.65. The molecule has 1 aliphatic rings. The number of rotatable bonds is 0. The van der Waals surface area contributed by atoms with E-state index in [1.54, 1.807) is 3.57 Å². The Morgan fingerprint density at radius 2 is 2.00 bits per heavy atom. The van der Waals surface area contributed by atoms with Crippen LogP contribution in [0, 0.1) is 3.57 Å². The Morgan fingerprint density at radius 1 is 1.10 bits per heavy atom. The summed E-state index contributed by atoms with van der Waals surface area (Å²) in [6.45, 7) is 0. The SMILES string of the molecule is C1=Cc2ccccc2I=I1. The zero-order valence-electron chi connectivity index (χ0n) is 5.22. The zero-order valence-corrected chi connectivity index (χ0v) is 9.54. The van der Waals surface area contributed by atoms with Crippen molar-refractivity contribution < 1.29 is 0 Å². The van der Waals surface area contributed by atoms with Gasteiger partial charge in [0.25, 0.3) is 0 Å². The lowest BCUT2D eigenvalue weighted by atomic mass is 10.2. The quantitative estimate of drug-likeness (QED) is 0.622. The summed E-state index contributed by atoms with van der Waals surface area (Å²) >= 11 is 0.873. The smallest absolute Gasteiger partial charge is 0.0202 e. The molecule has 0 saturated heterocycles. The third-order valence-corrected chi connectivity index (χ3v) is 9.95. The summed E-state index contributed by atoms with van der Waals surface area (Å²) in [5, 5.41) is 0. The molecule has 1 aromatic carbocycles. The molecule has 2 heteroatoms. The Bertz CT molecular complexity index is 269. The first-order chi connectivity index (χ1) is 4.97. The van der Waals surface area contributed by atoms with Crippen LogP contribution in [0.25, 0.3) is 6.08 Å². The number of halogens is 2. The standard InChI is InChI=1S/C8H6I2/c1-2-4-8-7(3-1)5-6-9-10-8/h1-6H. The van der Waals surface area contributed by atoms with Crippen molar-refractivity contribution in [2.24, 2.45) is 0 Å². The summed E-state index contributed by atoms with van der Waals surface area (Å²) in [6.07, 6.45) is 2.28. The predicted octanol–water partition coefficient (Wildman–Crippen LogP) is 3.70. The highest BCUT2D eigenvalue weighted by atomic mass is 128. The van der Waals surface area contributed by atoms with Gasteiger partial charge in [0.2, 0.25) is 0 Å². The lowest BCUT2D eigenvalue weighted by Crippen LogP contribution is -1.77. The van der Waals surface area contributed by atoms with Crippen LogP contribution in [0.4, 0.5) is 0 Å². The van der Waals surface area contributed by atoms with Crippen molar-refractivity contribution >= 4 is 39.3 Å². The van der Waals surface area contributed by atoms with Gasteiger partial charge in [-0.05, 0) is 38.4 Å². The van der Waals surface area contributed by atoms with Crippen LogP contribution in [-0.2, 0) is 0 Å². The van der Waals surface area contributed by atoms with E-state index < -0.39 is 0 Å². The van der Waals surface area contributed by atoms with Gasteiger partial charge in [-0.15, -0.1) is 0 Å². The third-order valence-electron chi connectivity index (χ3n) is 1.31. The highest BCUT2D eigenvalue weighted by Crippen LogP contribution is 2.33. The molecular weight excluding hydrogens is 350 g/mol. The van der Waals surface area contributed by atoms with E-state index in [0.29, 0.717) is 33.2 Å². The second-order valence-corrected chi connectivity index (χ2v) is 10.6. The summed E-state index contributed by atoms with van der Waals surface area (Å²) in [4.78, 5) is 0. The Morgan fingerprint density at radius 3 is 2.90 bits per heavy atom. The van der Waals surface area contributed by atoms with Gasteiger partial charge in [0.15, 0.2) is 0 Å². The molecular formula is C8H6I2. The lowest BCUT2D eigenvalue weighted by Gasteiger charge is -2.00. The predicted molar refractivity (Wildman–Crippen MR) is 62.2 cm³/mol. The minimum atomic E-state index is 0.418. The van der Waals surface area contributed by atoms with Crippen molar-refractivity contribution in [1.82, 2.24) is 0 Å². The van der Waals surface area contributed by atoms with Crippen LogP contribution in [0.15, 0.2) is 28.3 Å². The molecule has 1 aliphatic heterocycles. The first-order valence-electron chi connectivity index (χ1n) is 3.00. The molecule has 0 aromatic heterocycles. The molecule has 1 aromatic rings. The molecule has 0 radical (unpaired) electrons. The molecule has 0 bridgehead atoms. The van der Waals surface area contributed by atoms with E-state index in [0.717, 1.165) is 0 Å². The molecule has 0 nitrogen and oxygen atoms in total. The lowest BCUT2D eigenvalue weighted by molar-refractivity contribution is 1.60. The normalized spacial score (nSPS) is 14.8. The fourth-order valence-corrected chi connectivity index (χ4v) is 8.70. The van der Waals surface area contributed by atoms with E-state index in [2.05, 4.69) is 34.4 Å². The maximum absolute atomic E-state index is 2.40. The van der Waals surface area contributed by atoms with Gasteiger partial charge in [0, 0.05) is 3.57 Å². The summed E-state index contributed by atoms with van der Waals surface area (Å²) < 4.78 is 4.05. The largest absolute Gasteiger partial charge is 0.0616 e. The van der Waals surface area contributed by atoms with E-state index >= 15 is 0 Å². The van der Waals surface area contributed by atoms with Crippen LogP contribution >= 0.6 is 33.2 Å². The van der Waals surface area contributed by atoms with Gasteiger partial charge >= 0.3 is 0 Å². The summed E-state index contributed by atoms with van der Waals surface area (Å²) in [7, 11) is 0. The molecule has 0 atom stereocenters. The number of fused-ring (bicyclic) bond motifs is 1. The summed E-state index contributed by atoms with van der Waals surface area (Å²) in [5.41, 5.74) is 1.47. The van der Waals surface area contributed by atoms with Crippen LogP contribution < -0.4 is 0 Å². The second kappa shape index (κ2) is 3.21. The van der Waals surface area contributed by atoms with Crippen LogP contribution in [0.1, 0.15) is 5.56 Å². The van der Waals surface area contributed by atoms with Gasteiger partial charge in [-0.3, -0.25) is 0 Å². The molecule has 0 unspecified atom stereocenters. The van der Waals surface area contributed by atoms with Crippen molar-refractivity contribution in [1.29, 1.82) is 0 Å². The van der Waals surface area contributed by atoms with Crippen molar-refractivity contribution in [2.75, 3.05) is 0 Å². The third kappa shape index (κ3) is 1.37. The zero-order chi connectivity index (χ0) is 6.81. The van der Waals surface area contributed by atoms with Crippen molar-refractivity contribution in [3.8, 4) is 0 Å². The minimum Gasteiger partial charge on any atom is -0.0616 e. The molecule has 0 spiro atoms. The van der Waals surface area contributed by atoms with Crippen LogP contribution in [0.3, 0.4) is 0 Å². The molecule has 0 saturated carbocycles. The molecule has 1 heterocycles. The maximum atomic E-state index is 2.40. The maximum Gasteiger partial charge on any atom is 0.0202 e. The molecule has 10 heavy (non-hydrogen) atoms. The molecule has 0 amide bonds. The number of hydrogen-bond donors (Lipinski definition) is 0. The van der Waals surface area contributed by atoms with Gasteiger partial charge in [0.1, 0.15) is 0 Å². The molecule has 0 N–H and O–H groups in total. The van der Waals surface area contributed by atoms with E-state index in [1.165, 1.54) is 5.56 Å². The topological polar surface area (TPSA) is 0 Å². The minimum absolute atomic E-state index is 0.418. The summed E-state index contributed by atoms with van der Waals surface area (Å²) in [5.74, 6) is 0. The molecule has 0 fully saturated rings. The van der Waals surface area contributed by atoms with E-state index in [1.807, 2.05) is 0 Å². The summed E-state index contributed by atoms with van der Waals surface area (Å²) in [6, 6.07) is 8.78. The monoisotopic (exact) mass is 356 g/mol. The Hall–Kier alpha value is 0.420. The average Bonchev–Trinajstić information content (AvgIpc) is 2.05. The van der Waals surface area contributed by atoms with Crippen LogP contribution in [0.2, 0.25) is 0 Å². The average molecular weight is 356 g/mol. The molecule has 0 aliphatic carbocycles. The van der Waals surface area contributed by atoms with Crippen molar-refractivity contribution in [3.63, 3.8) is 0 Å². The number of benzene rings is 1. The highest BCUT2D eigenvalue weighted by molar-refractivity contribution is 14.8.